The normalized spacial score (nSPS) is 10.3. The fourth-order valence-corrected chi connectivity index (χ4v) is 2.19. The van der Waals surface area contributed by atoms with Gasteiger partial charge in [-0.3, -0.25) is 4.79 Å². The Balaban J connectivity index is 2.55. The van der Waals surface area contributed by atoms with E-state index in [2.05, 4.69) is 0 Å². The molecule has 19 heavy (non-hydrogen) atoms. The van der Waals surface area contributed by atoms with Gasteiger partial charge in [0, 0.05) is 15.6 Å². The maximum absolute atomic E-state index is 12.6. The number of ketones is 1. The SMILES string of the molecule is COc1ccc(Cl)cc1C(=O)c1cc(Cl)ccc1C. The van der Waals surface area contributed by atoms with Gasteiger partial charge in [0.15, 0.2) is 5.78 Å². The highest BCUT2D eigenvalue weighted by Crippen LogP contribution is 2.27. The summed E-state index contributed by atoms with van der Waals surface area (Å²) >= 11 is 11.9. The molecule has 0 fully saturated rings. The number of carbonyl (C=O) groups excluding carboxylic acids is 1. The molecule has 2 aromatic carbocycles. The summed E-state index contributed by atoms with van der Waals surface area (Å²) < 4.78 is 5.20. The van der Waals surface area contributed by atoms with Crippen molar-refractivity contribution in [3.8, 4) is 5.75 Å². The molecule has 2 nitrogen and oxygen atoms in total. The van der Waals surface area contributed by atoms with Crippen LogP contribution >= 0.6 is 23.2 Å². The Morgan fingerprint density at radius 2 is 1.58 bits per heavy atom. The van der Waals surface area contributed by atoms with Crippen LogP contribution in [0.2, 0.25) is 10.0 Å². The maximum Gasteiger partial charge on any atom is 0.197 e. The molecule has 2 rings (SSSR count). The van der Waals surface area contributed by atoms with Crippen LogP contribution in [0.3, 0.4) is 0 Å². The molecule has 4 heteroatoms. The standard InChI is InChI=1S/C15H12Cl2O2/c1-9-3-4-10(16)7-12(9)15(18)13-8-11(17)5-6-14(13)19-2/h3-8H,1-2H3. The number of carbonyl (C=O) groups is 1. The van der Waals surface area contributed by atoms with Crippen LogP contribution in [-0.2, 0) is 0 Å². The molecule has 0 bridgehead atoms. The van der Waals surface area contributed by atoms with Crippen LogP contribution < -0.4 is 4.74 Å². The van der Waals surface area contributed by atoms with Crippen molar-refractivity contribution in [2.75, 3.05) is 7.11 Å². The second kappa shape index (κ2) is 5.64. The number of hydrogen-bond donors (Lipinski definition) is 0. The van der Waals surface area contributed by atoms with E-state index in [1.54, 1.807) is 30.3 Å². The van der Waals surface area contributed by atoms with Crippen LogP contribution in [0.1, 0.15) is 21.5 Å². The molecule has 0 atom stereocenters. The molecule has 0 radical (unpaired) electrons. The van der Waals surface area contributed by atoms with E-state index in [0.717, 1.165) is 5.56 Å². The highest BCUT2D eigenvalue weighted by atomic mass is 35.5. The number of methoxy groups -OCH3 is 1. The molecule has 0 heterocycles. The van der Waals surface area contributed by atoms with Gasteiger partial charge < -0.3 is 4.74 Å². The van der Waals surface area contributed by atoms with E-state index >= 15 is 0 Å². The molecule has 98 valence electrons. The molecule has 0 unspecified atom stereocenters. The van der Waals surface area contributed by atoms with Crippen LogP contribution in [0.5, 0.6) is 5.75 Å². The molecule has 0 aromatic heterocycles. The molecule has 0 spiro atoms. The van der Waals surface area contributed by atoms with E-state index in [4.69, 9.17) is 27.9 Å². The monoisotopic (exact) mass is 294 g/mol. The minimum Gasteiger partial charge on any atom is -0.496 e. The minimum atomic E-state index is -0.153. The Morgan fingerprint density at radius 3 is 2.21 bits per heavy atom. The predicted molar refractivity (Wildman–Crippen MR) is 77.6 cm³/mol. The average molecular weight is 295 g/mol. The summed E-state index contributed by atoms with van der Waals surface area (Å²) in [6, 6.07) is 10.2. The molecule has 0 aliphatic heterocycles. The number of halogens is 2. The molecule has 0 saturated carbocycles. The quantitative estimate of drug-likeness (QED) is 0.777. The van der Waals surface area contributed by atoms with Crippen molar-refractivity contribution >= 4 is 29.0 Å². The number of benzene rings is 2. The smallest absolute Gasteiger partial charge is 0.197 e. The Hall–Kier alpha value is -1.51. The van der Waals surface area contributed by atoms with E-state index in [1.807, 2.05) is 13.0 Å². The fraction of sp³-hybridized carbons (Fsp3) is 0.133. The third-order valence-electron chi connectivity index (χ3n) is 2.85. The van der Waals surface area contributed by atoms with E-state index in [9.17, 15) is 4.79 Å². The van der Waals surface area contributed by atoms with Gasteiger partial charge in [-0.1, -0.05) is 29.3 Å². The molecule has 0 aliphatic carbocycles. The van der Waals surface area contributed by atoms with E-state index in [1.165, 1.54) is 7.11 Å². The molecular weight excluding hydrogens is 283 g/mol. The second-order valence-electron chi connectivity index (χ2n) is 4.13. The van der Waals surface area contributed by atoms with Crippen molar-refractivity contribution in [3.63, 3.8) is 0 Å². The van der Waals surface area contributed by atoms with Crippen molar-refractivity contribution < 1.29 is 9.53 Å². The van der Waals surface area contributed by atoms with Gasteiger partial charge >= 0.3 is 0 Å². The first-order valence-electron chi connectivity index (χ1n) is 5.67. The zero-order valence-corrected chi connectivity index (χ0v) is 12.0. The second-order valence-corrected chi connectivity index (χ2v) is 5.01. The molecule has 0 aliphatic rings. The predicted octanol–water partition coefficient (Wildman–Crippen LogP) is 4.54. The Kier molecular flexibility index (Phi) is 4.13. The van der Waals surface area contributed by atoms with Gasteiger partial charge in [-0.2, -0.15) is 0 Å². The molecular formula is C15H12Cl2O2. The lowest BCUT2D eigenvalue weighted by molar-refractivity contribution is 0.103. The highest BCUT2D eigenvalue weighted by molar-refractivity contribution is 6.32. The zero-order valence-electron chi connectivity index (χ0n) is 10.5. The van der Waals surface area contributed by atoms with Crippen molar-refractivity contribution in [1.82, 2.24) is 0 Å². The first-order chi connectivity index (χ1) is 9.02. The summed E-state index contributed by atoms with van der Waals surface area (Å²) in [5, 5.41) is 1.01. The third kappa shape index (κ3) is 2.91. The lowest BCUT2D eigenvalue weighted by Gasteiger charge is -2.10. The maximum atomic E-state index is 12.6. The Labute approximate surface area is 121 Å². The number of rotatable bonds is 3. The van der Waals surface area contributed by atoms with Gasteiger partial charge in [0.25, 0.3) is 0 Å². The number of aryl methyl sites for hydroxylation is 1. The Bertz CT molecular complexity index is 636. The van der Waals surface area contributed by atoms with Gasteiger partial charge in [-0.15, -0.1) is 0 Å². The van der Waals surface area contributed by atoms with E-state index < -0.39 is 0 Å². The first-order valence-corrected chi connectivity index (χ1v) is 6.43. The fourth-order valence-electron chi connectivity index (χ4n) is 1.84. The van der Waals surface area contributed by atoms with Gasteiger partial charge in [0.1, 0.15) is 5.75 Å². The summed E-state index contributed by atoms with van der Waals surface area (Å²) in [6.45, 7) is 1.86. The van der Waals surface area contributed by atoms with E-state index in [-0.39, 0.29) is 5.78 Å². The number of ether oxygens (including phenoxy) is 1. The molecule has 0 amide bonds. The van der Waals surface area contributed by atoms with Crippen molar-refractivity contribution in [3.05, 3.63) is 63.1 Å². The molecule has 2 aromatic rings. The van der Waals surface area contributed by atoms with Crippen LogP contribution in [0.15, 0.2) is 36.4 Å². The molecule has 0 saturated heterocycles. The van der Waals surface area contributed by atoms with Crippen molar-refractivity contribution in [2.24, 2.45) is 0 Å². The van der Waals surface area contributed by atoms with Crippen LogP contribution in [0.25, 0.3) is 0 Å². The zero-order chi connectivity index (χ0) is 14.0. The summed E-state index contributed by atoms with van der Waals surface area (Å²) in [5.41, 5.74) is 1.84. The van der Waals surface area contributed by atoms with Crippen molar-refractivity contribution in [2.45, 2.75) is 6.92 Å². The average Bonchev–Trinajstić information content (AvgIpc) is 2.40. The van der Waals surface area contributed by atoms with Crippen molar-refractivity contribution in [1.29, 1.82) is 0 Å². The summed E-state index contributed by atoms with van der Waals surface area (Å²) in [6.07, 6.45) is 0. The lowest BCUT2D eigenvalue weighted by Crippen LogP contribution is -2.06. The minimum absolute atomic E-state index is 0.153. The lowest BCUT2D eigenvalue weighted by atomic mass is 9.98. The Morgan fingerprint density at radius 1 is 1.00 bits per heavy atom. The summed E-state index contributed by atoms with van der Waals surface area (Å²) in [5.74, 6) is 0.341. The van der Waals surface area contributed by atoms with Gasteiger partial charge in [-0.25, -0.2) is 0 Å². The summed E-state index contributed by atoms with van der Waals surface area (Å²) in [4.78, 5) is 12.6. The van der Waals surface area contributed by atoms with Gasteiger partial charge in [-0.05, 0) is 42.8 Å². The van der Waals surface area contributed by atoms with Crippen LogP contribution in [0, 0.1) is 6.92 Å². The largest absolute Gasteiger partial charge is 0.496 e. The number of hydrogen-bond acceptors (Lipinski definition) is 2. The van der Waals surface area contributed by atoms with Gasteiger partial charge in [0.2, 0.25) is 0 Å². The van der Waals surface area contributed by atoms with Gasteiger partial charge in [0.05, 0.1) is 12.7 Å². The highest BCUT2D eigenvalue weighted by Gasteiger charge is 2.17. The van der Waals surface area contributed by atoms with E-state index in [0.29, 0.717) is 26.9 Å². The summed E-state index contributed by atoms with van der Waals surface area (Å²) in [7, 11) is 1.52. The first kappa shape index (κ1) is 13.9. The molecule has 0 N–H and O–H groups in total. The third-order valence-corrected chi connectivity index (χ3v) is 3.32. The van der Waals surface area contributed by atoms with Crippen LogP contribution in [0.4, 0.5) is 0 Å². The topological polar surface area (TPSA) is 26.3 Å². The van der Waals surface area contributed by atoms with Crippen LogP contribution in [-0.4, -0.2) is 12.9 Å².